The van der Waals surface area contributed by atoms with Gasteiger partial charge in [0.05, 0.1) is 0 Å². The highest BCUT2D eigenvalue weighted by Crippen LogP contribution is 2.37. The molecule has 0 saturated heterocycles. The van der Waals surface area contributed by atoms with Crippen LogP contribution in [0.5, 0.6) is 0 Å². The summed E-state index contributed by atoms with van der Waals surface area (Å²) in [4.78, 5) is 0. The molecule has 4 aromatic rings. The Labute approximate surface area is 122 Å². The second-order valence-electron chi connectivity index (χ2n) is 5.13. The quantitative estimate of drug-likeness (QED) is 0.397. The Balaban J connectivity index is 2.06. The van der Waals surface area contributed by atoms with Crippen LogP contribution in [0.3, 0.4) is 0 Å². The molecule has 1 heterocycles. The van der Waals surface area contributed by atoms with Crippen molar-refractivity contribution in [3.63, 3.8) is 0 Å². The lowest BCUT2D eigenvalue weighted by molar-refractivity contribution is 1.55. The van der Waals surface area contributed by atoms with Crippen LogP contribution in [0.1, 0.15) is 5.56 Å². The van der Waals surface area contributed by atoms with Gasteiger partial charge >= 0.3 is 0 Å². The van der Waals surface area contributed by atoms with Crippen LogP contribution in [0, 0.1) is 6.92 Å². The van der Waals surface area contributed by atoms with E-state index in [-0.39, 0.29) is 0 Å². The monoisotopic (exact) mass is 274 g/mol. The molecule has 0 bridgehead atoms. The van der Waals surface area contributed by atoms with Gasteiger partial charge in [-0.15, -0.1) is 11.3 Å². The maximum absolute atomic E-state index is 2.33. The third-order valence-electron chi connectivity index (χ3n) is 3.81. The van der Waals surface area contributed by atoms with Crippen LogP contribution in [0.4, 0.5) is 0 Å². The molecule has 1 heteroatoms. The summed E-state index contributed by atoms with van der Waals surface area (Å²) in [7, 11) is 0. The Hall–Kier alpha value is -2.12. The van der Waals surface area contributed by atoms with Crippen LogP contribution in [0.25, 0.3) is 31.3 Å². The van der Waals surface area contributed by atoms with Gasteiger partial charge in [0.15, 0.2) is 0 Å². The fraction of sp³-hybridized carbons (Fsp3) is 0.0526. The van der Waals surface area contributed by atoms with E-state index in [2.05, 4.69) is 73.7 Å². The fourth-order valence-electron chi connectivity index (χ4n) is 2.81. The molecule has 0 radical (unpaired) electrons. The van der Waals surface area contributed by atoms with E-state index < -0.39 is 0 Å². The molecule has 1 aromatic heterocycles. The average Bonchev–Trinajstić information content (AvgIpc) is 2.87. The normalized spacial score (nSPS) is 11.2. The molecule has 3 aromatic carbocycles. The molecule has 0 aliphatic carbocycles. The third-order valence-corrected chi connectivity index (χ3v) is 4.95. The molecular weight excluding hydrogens is 260 g/mol. The Bertz CT molecular complexity index is 901. The zero-order valence-electron chi connectivity index (χ0n) is 11.3. The summed E-state index contributed by atoms with van der Waals surface area (Å²) >= 11 is 1.88. The van der Waals surface area contributed by atoms with Crippen molar-refractivity contribution in [3.05, 3.63) is 72.3 Å². The van der Waals surface area contributed by atoms with Crippen molar-refractivity contribution >= 4 is 31.5 Å². The predicted molar refractivity (Wildman–Crippen MR) is 89.5 cm³/mol. The van der Waals surface area contributed by atoms with Crippen LogP contribution in [0.2, 0.25) is 0 Å². The van der Waals surface area contributed by atoms with Gasteiger partial charge in [0.2, 0.25) is 0 Å². The standard InChI is InChI=1S/C19H14S/c1-13-6-5-9-18-19(13)16-12-15(10-11-17(16)20-18)14-7-3-2-4-8-14/h2-12H,1H3. The van der Waals surface area contributed by atoms with E-state index >= 15 is 0 Å². The van der Waals surface area contributed by atoms with Crippen LogP contribution in [0.15, 0.2) is 66.7 Å². The van der Waals surface area contributed by atoms with Crippen LogP contribution < -0.4 is 0 Å². The maximum atomic E-state index is 2.33. The smallest absolute Gasteiger partial charge is 0.0358 e. The molecule has 0 atom stereocenters. The average molecular weight is 274 g/mol. The molecule has 0 unspecified atom stereocenters. The second kappa shape index (κ2) is 4.46. The highest BCUT2D eigenvalue weighted by atomic mass is 32.1. The van der Waals surface area contributed by atoms with Crippen LogP contribution in [-0.4, -0.2) is 0 Å². The first-order chi connectivity index (χ1) is 9.83. The molecule has 4 rings (SSSR count). The van der Waals surface area contributed by atoms with Crippen LogP contribution >= 0.6 is 11.3 Å². The molecule has 0 aliphatic heterocycles. The Morgan fingerprint density at radius 1 is 0.700 bits per heavy atom. The van der Waals surface area contributed by atoms with E-state index in [1.165, 1.54) is 36.9 Å². The minimum Gasteiger partial charge on any atom is -0.135 e. The molecule has 0 saturated carbocycles. The van der Waals surface area contributed by atoms with Gasteiger partial charge in [0, 0.05) is 20.2 Å². The first-order valence-electron chi connectivity index (χ1n) is 6.80. The molecule has 96 valence electrons. The van der Waals surface area contributed by atoms with Gasteiger partial charge in [-0.1, -0.05) is 48.5 Å². The summed E-state index contributed by atoms with van der Waals surface area (Å²) in [6.45, 7) is 2.20. The van der Waals surface area contributed by atoms with E-state index in [1.807, 2.05) is 11.3 Å². The van der Waals surface area contributed by atoms with Crippen molar-refractivity contribution in [2.24, 2.45) is 0 Å². The summed E-state index contributed by atoms with van der Waals surface area (Å²) in [5.41, 5.74) is 3.93. The molecule has 0 aliphatic rings. The number of benzene rings is 3. The van der Waals surface area contributed by atoms with Crippen LogP contribution in [-0.2, 0) is 0 Å². The number of aryl methyl sites for hydroxylation is 1. The summed E-state index contributed by atoms with van der Waals surface area (Å²) < 4.78 is 2.75. The van der Waals surface area contributed by atoms with Crippen molar-refractivity contribution < 1.29 is 0 Å². The van der Waals surface area contributed by atoms with E-state index in [0.29, 0.717) is 0 Å². The van der Waals surface area contributed by atoms with Crippen molar-refractivity contribution in [2.75, 3.05) is 0 Å². The number of fused-ring (bicyclic) bond motifs is 3. The molecule has 0 nitrogen and oxygen atoms in total. The zero-order chi connectivity index (χ0) is 13.5. The highest BCUT2D eigenvalue weighted by Gasteiger charge is 2.08. The lowest BCUT2D eigenvalue weighted by Crippen LogP contribution is -1.77. The van der Waals surface area contributed by atoms with Crippen molar-refractivity contribution in [1.82, 2.24) is 0 Å². The Kier molecular flexibility index (Phi) is 2.61. The van der Waals surface area contributed by atoms with Gasteiger partial charge in [-0.2, -0.15) is 0 Å². The molecular formula is C19H14S. The van der Waals surface area contributed by atoms with Crippen molar-refractivity contribution in [3.8, 4) is 11.1 Å². The third kappa shape index (κ3) is 1.75. The SMILES string of the molecule is Cc1cccc2sc3ccc(-c4ccccc4)cc3c12. The zero-order valence-corrected chi connectivity index (χ0v) is 12.1. The largest absolute Gasteiger partial charge is 0.135 e. The summed E-state index contributed by atoms with van der Waals surface area (Å²) in [5, 5.41) is 2.79. The van der Waals surface area contributed by atoms with Crippen molar-refractivity contribution in [2.45, 2.75) is 6.92 Å². The molecule has 0 amide bonds. The van der Waals surface area contributed by atoms with E-state index in [1.54, 1.807) is 0 Å². The van der Waals surface area contributed by atoms with Crippen molar-refractivity contribution in [1.29, 1.82) is 0 Å². The topological polar surface area (TPSA) is 0 Å². The Morgan fingerprint density at radius 2 is 1.55 bits per heavy atom. The second-order valence-corrected chi connectivity index (χ2v) is 6.21. The van der Waals surface area contributed by atoms with Gasteiger partial charge in [-0.05, 0) is 41.8 Å². The molecule has 20 heavy (non-hydrogen) atoms. The lowest BCUT2D eigenvalue weighted by atomic mass is 10.0. The summed E-state index contributed by atoms with van der Waals surface area (Å²) in [6.07, 6.45) is 0. The molecule has 0 fully saturated rings. The van der Waals surface area contributed by atoms with E-state index in [4.69, 9.17) is 0 Å². The fourth-order valence-corrected chi connectivity index (χ4v) is 3.98. The maximum Gasteiger partial charge on any atom is 0.0358 e. The minimum atomic E-state index is 1.28. The van der Waals surface area contributed by atoms with Gasteiger partial charge in [0.25, 0.3) is 0 Å². The summed E-state index contributed by atoms with van der Waals surface area (Å²) in [6, 6.07) is 24.0. The minimum absolute atomic E-state index is 1.28. The number of rotatable bonds is 1. The van der Waals surface area contributed by atoms with E-state index in [9.17, 15) is 0 Å². The molecule has 0 N–H and O–H groups in total. The Morgan fingerprint density at radius 3 is 2.40 bits per heavy atom. The predicted octanol–water partition coefficient (Wildman–Crippen LogP) is 6.03. The van der Waals surface area contributed by atoms with Gasteiger partial charge in [-0.3, -0.25) is 0 Å². The molecule has 0 spiro atoms. The first-order valence-corrected chi connectivity index (χ1v) is 7.62. The number of thiophene rings is 1. The van der Waals surface area contributed by atoms with Gasteiger partial charge < -0.3 is 0 Å². The number of hydrogen-bond donors (Lipinski definition) is 0. The van der Waals surface area contributed by atoms with E-state index in [0.717, 1.165) is 0 Å². The highest BCUT2D eigenvalue weighted by molar-refractivity contribution is 7.25. The lowest BCUT2D eigenvalue weighted by Gasteiger charge is -2.02. The number of hydrogen-bond acceptors (Lipinski definition) is 1. The van der Waals surface area contributed by atoms with Gasteiger partial charge in [0.1, 0.15) is 0 Å². The first kappa shape index (κ1) is 11.7. The summed E-state index contributed by atoms with van der Waals surface area (Å²) in [5.74, 6) is 0. The van der Waals surface area contributed by atoms with Gasteiger partial charge in [-0.25, -0.2) is 0 Å².